The zero-order chi connectivity index (χ0) is 8.97. The van der Waals surface area contributed by atoms with E-state index in [0.717, 1.165) is 12.0 Å². The van der Waals surface area contributed by atoms with E-state index in [1.165, 1.54) is 0 Å². The molecule has 0 amide bonds. The van der Waals surface area contributed by atoms with Crippen molar-refractivity contribution in [1.29, 1.82) is 0 Å². The third kappa shape index (κ3) is 2.15. The van der Waals surface area contributed by atoms with E-state index in [1.807, 2.05) is 6.20 Å². The van der Waals surface area contributed by atoms with Crippen molar-refractivity contribution in [2.75, 3.05) is 0 Å². The molecule has 1 heterocycles. The Labute approximate surface area is 71.6 Å². The zero-order valence-electron chi connectivity index (χ0n) is 7.40. The first-order chi connectivity index (χ1) is 5.74. The van der Waals surface area contributed by atoms with Crippen LogP contribution in [-0.4, -0.2) is 21.3 Å². The summed E-state index contributed by atoms with van der Waals surface area (Å²) in [4.78, 5) is 10.1. The molecule has 1 aromatic heterocycles. The summed E-state index contributed by atoms with van der Waals surface area (Å²) in [6, 6.07) is 0. The molecule has 0 unspecified atom stereocenters. The molecular weight excluding hydrogens is 154 g/mol. The number of carbonyl (C=O) groups excluding carboxylic acids is 1. The number of aryl methyl sites for hydroxylation is 1. The number of carbonyl (C=O) groups is 1. The molecule has 0 aliphatic heterocycles. The van der Waals surface area contributed by atoms with Crippen LogP contribution in [0.5, 0.6) is 0 Å². The summed E-state index contributed by atoms with van der Waals surface area (Å²) in [6.07, 6.45) is 3.27. The Bertz CT molecular complexity index is 255. The molecule has 0 atom stereocenters. The molecule has 12 heavy (non-hydrogen) atoms. The summed E-state index contributed by atoms with van der Waals surface area (Å²) in [6.45, 7) is 4.76. The van der Waals surface area contributed by atoms with Crippen LogP contribution in [0.1, 0.15) is 31.9 Å². The molecule has 0 bridgehead atoms. The fraction of sp³-hybridized carbons (Fsp3) is 0.625. The first-order valence-corrected chi connectivity index (χ1v) is 4.07. The van der Waals surface area contributed by atoms with E-state index in [4.69, 9.17) is 0 Å². The highest BCUT2D eigenvalue weighted by atomic mass is 16.1. The van der Waals surface area contributed by atoms with Crippen molar-refractivity contribution in [3.8, 4) is 0 Å². The molecular formula is C8H13N3O. The number of hydrogen-bond acceptors (Lipinski definition) is 3. The van der Waals surface area contributed by atoms with Gasteiger partial charge in [0.15, 0.2) is 0 Å². The lowest BCUT2D eigenvalue weighted by Crippen LogP contribution is -1.98. The molecule has 1 aromatic rings. The normalized spacial score (nSPS) is 10.6. The predicted molar refractivity (Wildman–Crippen MR) is 44.8 cm³/mol. The van der Waals surface area contributed by atoms with Gasteiger partial charge in [0.25, 0.3) is 0 Å². The van der Waals surface area contributed by atoms with Crippen LogP contribution >= 0.6 is 0 Å². The Morgan fingerprint density at radius 1 is 1.67 bits per heavy atom. The van der Waals surface area contributed by atoms with Crippen molar-refractivity contribution in [2.24, 2.45) is 0 Å². The highest BCUT2D eigenvalue weighted by Gasteiger charge is 2.03. The average Bonchev–Trinajstić information content (AvgIpc) is 2.48. The lowest BCUT2D eigenvalue weighted by atomic mass is 10.2. The summed E-state index contributed by atoms with van der Waals surface area (Å²) >= 11 is 0. The molecule has 4 nitrogen and oxygen atoms in total. The Morgan fingerprint density at radius 3 is 2.92 bits per heavy atom. The van der Waals surface area contributed by atoms with E-state index in [2.05, 4.69) is 24.2 Å². The van der Waals surface area contributed by atoms with Crippen molar-refractivity contribution >= 4 is 6.29 Å². The van der Waals surface area contributed by atoms with E-state index in [9.17, 15) is 4.79 Å². The third-order valence-electron chi connectivity index (χ3n) is 1.62. The maximum absolute atomic E-state index is 10.1. The molecule has 0 aromatic carbocycles. The van der Waals surface area contributed by atoms with E-state index < -0.39 is 0 Å². The standard InChI is InChI=1S/C8H13N3O/c1-7(2)8-6-11(10-9-8)4-3-5-12/h5-7H,3-4H2,1-2H3. The zero-order valence-corrected chi connectivity index (χ0v) is 7.40. The Kier molecular flexibility index (Phi) is 2.96. The van der Waals surface area contributed by atoms with Crippen LogP contribution in [0, 0.1) is 0 Å². The van der Waals surface area contributed by atoms with Crippen LogP contribution in [0.2, 0.25) is 0 Å². The molecule has 66 valence electrons. The molecule has 4 heteroatoms. The van der Waals surface area contributed by atoms with Gasteiger partial charge < -0.3 is 4.79 Å². The van der Waals surface area contributed by atoms with Crippen LogP contribution in [0.25, 0.3) is 0 Å². The van der Waals surface area contributed by atoms with E-state index >= 15 is 0 Å². The second-order valence-corrected chi connectivity index (χ2v) is 3.02. The van der Waals surface area contributed by atoms with Crippen LogP contribution in [0.4, 0.5) is 0 Å². The van der Waals surface area contributed by atoms with E-state index in [1.54, 1.807) is 4.68 Å². The Hall–Kier alpha value is -1.19. The molecule has 0 aliphatic rings. The molecule has 0 radical (unpaired) electrons. The van der Waals surface area contributed by atoms with Crippen LogP contribution in [0.15, 0.2) is 6.20 Å². The van der Waals surface area contributed by atoms with Crippen molar-refractivity contribution in [2.45, 2.75) is 32.7 Å². The summed E-state index contributed by atoms with van der Waals surface area (Å²) in [5, 5.41) is 7.85. The third-order valence-corrected chi connectivity index (χ3v) is 1.62. The molecule has 0 aliphatic carbocycles. The second-order valence-electron chi connectivity index (χ2n) is 3.02. The first-order valence-electron chi connectivity index (χ1n) is 4.07. The highest BCUT2D eigenvalue weighted by molar-refractivity contribution is 5.48. The van der Waals surface area contributed by atoms with Gasteiger partial charge in [-0.2, -0.15) is 0 Å². The summed E-state index contributed by atoms with van der Waals surface area (Å²) in [5.41, 5.74) is 0.973. The number of aromatic nitrogens is 3. The molecule has 0 saturated carbocycles. The molecule has 0 saturated heterocycles. The molecule has 0 N–H and O–H groups in total. The number of aldehydes is 1. The molecule has 0 fully saturated rings. The Morgan fingerprint density at radius 2 is 2.42 bits per heavy atom. The van der Waals surface area contributed by atoms with Gasteiger partial charge in [-0.1, -0.05) is 19.1 Å². The SMILES string of the molecule is CC(C)c1cn(CCC=O)nn1. The maximum atomic E-state index is 10.1. The first kappa shape index (κ1) is 8.90. The van der Waals surface area contributed by atoms with Gasteiger partial charge in [-0.05, 0) is 5.92 Å². The van der Waals surface area contributed by atoms with Gasteiger partial charge in [-0.15, -0.1) is 5.10 Å². The van der Waals surface area contributed by atoms with Crippen molar-refractivity contribution < 1.29 is 4.79 Å². The van der Waals surface area contributed by atoms with Crippen LogP contribution in [0.3, 0.4) is 0 Å². The fourth-order valence-electron chi connectivity index (χ4n) is 0.872. The predicted octanol–water partition coefficient (Wildman–Crippen LogP) is 0.991. The number of rotatable bonds is 4. The monoisotopic (exact) mass is 167 g/mol. The lowest BCUT2D eigenvalue weighted by Gasteiger charge is -1.95. The van der Waals surface area contributed by atoms with E-state index in [0.29, 0.717) is 18.9 Å². The summed E-state index contributed by atoms with van der Waals surface area (Å²) in [7, 11) is 0. The van der Waals surface area contributed by atoms with E-state index in [-0.39, 0.29) is 0 Å². The minimum Gasteiger partial charge on any atom is -0.303 e. The lowest BCUT2D eigenvalue weighted by molar-refractivity contribution is -0.108. The quantitative estimate of drug-likeness (QED) is 0.628. The van der Waals surface area contributed by atoms with Gasteiger partial charge in [0.2, 0.25) is 0 Å². The van der Waals surface area contributed by atoms with Gasteiger partial charge in [0, 0.05) is 19.2 Å². The van der Waals surface area contributed by atoms with Gasteiger partial charge >= 0.3 is 0 Å². The number of nitrogens with zero attached hydrogens (tertiary/aromatic N) is 3. The van der Waals surface area contributed by atoms with Crippen LogP contribution in [-0.2, 0) is 11.3 Å². The van der Waals surface area contributed by atoms with Crippen molar-refractivity contribution in [3.63, 3.8) is 0 Å². The molecule has 1 rings (SSSR count). The second kappa shape index (κ2) is 3.99. The molecule has 0 spiro atoms. The topological polar surface area (TPSA) is 47.8 Å². The fourth-order valence-corrected chi connectivity index (χ4v) is 0.872. The van der Waals surface area contributed by atoms with Gasteiger partial charge in [-0.25, -0.2) is 0 Å². The largest absolute Gasteiger partial charge is 0.303 e. The van der Waals surface area contributed by atoms with Gasteiger partial charge in [-0.3, -0.25) is 4.68 Å². The highest BCUT2D eigenvalue weighted by Crippen LogP contribution is 2.08. The average molecular weight is 167 g/mol. The number of hydrogen-bond donors (Lipinski definition) is 0. The smallest absolute Gasteiger partial charge is 0.121 e. The minimum absolute atomic E-state index is 0.398. The van der Waals surface area contributed by atoms with Crippen molar-refractivity contribution in [3.05, 3.63) is 11.9 Å². The summed E-state index contributed by atoms with van der Waals surface area (Å²) < 4.78 is 1.70. The van der Waals surface area contributed by atoms with Crippen molar-refractivity contribution in [1.82, 2.24) is 15.0 Å². The summed E-state index contributed by atoms with van der Waals surface area (Å²) in [5.74, 6) is 0.398. The van der Waals surface area contributed by atoms with Crippen LogP contribution < -0.4 is 0 Å². The van der Waals surface area contributed by atoms with Gasteiger partial charge in [0.05, 0.1) is 5.69 Å². The van der Waals surface area contributed by atoms with Gasteiger partial charge in [0.1, 0.15) is 6.29 Å². The minimum atomic E-state index is 0.398. The maximum Gasteiger partial charge on any atom is 0.121 e. The Balaban J connectivity index is 2.58.